The van der Waals surface area contributed by atoms with Crippen LogP contribution in [0.3, 0.4) is 0 Å². The quantitative estimate of drug-likeness (QED) is 0.575. The van der Waals surface area contributed by atoms with Crippen molar-refractivity contribution in [3.8, 4) is 0 Å². The van der Waals surface area contributed by atoms with E-state index in [1.54, 1.807) is 7.05 Å². The maximum absolute atomic E-state index is 13.5. The SMILES string of the molecule is CNC(=O)c1sc2nc(C3CCCCN3C(=O)c3ccc(CN4CCCC4)cc3)ccc2c1N. The Bertz CT molecular complexity index is 1200. The monoisotopic (exact) mass is 477 g/mol. The second-order valence-electron chi connectivity index (χ2n) is 9.20. The lowest BCUT2D eigenvalue weighted by atomic mass is 9.97. The molecule has 1 aromatic carbocycles. The molecular weight excluding hydrogens is 446 g/mol. The molecule has 4 heterocycles. The van der Waals surface area contributed by atoms with Gasteiger partial charge in [0, 0.05) is 31.1 Å². The summed E-state index contributed by atoms with van der Waals surface area (Å²) >= 11 is 1.30. The molecule has 2 saturated heterocycles. The summed E-state index contributed by atoms with van der Waals surface area (Å²) in [4.78, 5) is 36.1. The van der Waals surface area contributed by atoms with Gasteiger partial charge in [-0.15, -0.1) is 11.3 Å². The highest BCUT2D eigenvalue weighted by Gasteiger charge is 2.30. The fraction of sp³-hybridized carbons (Fsp3) is 0.423. The van der Waals surface area contributed by atoms with E-state index in [-0.39, 0.29) is 17.9 Å². The van der Waals surface area contributed by atoms with Gasteiger partial charge in [0.25, 0.3) is 11.8 Å². The molecule has 2 aromatic heterocycles. The molecule has 0 bridgehead atoms. The van der Waals surface area contributed by atoms with Gasteiger partial charge in [-0.25, -0.2) is 4.98 Å². The molecule has 0 spiro atoms. The standard InChI is InChI=1S/C26H31N5O2S/c1-28-24(32)23-22(27)19-11-12-20(29-25(19)34-23)21-6-2-3-15-31(21)26(33)18-9-7-17(8-10-18)16-30-13-4-5-14-30/h7-12,21H,2-6,13-16,27H2,1H3,(H,28,32). The molecule has 2 aliphatic heterocycles. The van der Waals surface area contributed by atoms with Crippen LogP contribution in [-0.4, -0.2) is 53.3 Å². The molecule has 178 valence electrons. The number of pyridine rings is 1. The first-order valence-corrected chi connectivity index (χ1v) is 12.9. The fourth-order valence-corrected chi connectivity index (χ4v) is 6.13. The van der Waals surface area contributed by atoms with Crippen LogP contribution in [0.1, 0.15) is 69.4 Å². The predicted octanol–water partition coefficient (Wildman–Crippen LogP) is 4.20. The summed E-state index contributed by atoms with van der Waals surface area (Å²) in [6.07, 6.45) is 5.47. The van der Waals surface area contributed by atoms with E-state index in [1.807, 2.05) is 29.2 Å². The summed E-state index contributed by atoms with van der Waals surface area (Å²) in [6, 6.07) is 11.9. The molecule has 0 radical (unpaired) electrons. The molecule has 0 aliphatic carbocycles. The number of aromatic nitrogens is 1. The van der Waals surface area contributed by atoms with E-state index in [1.165, 1.54) is 29.7 Å². The third-order valence-electron chi connectivity index (χ3n) is 6.96. The second kappa shape index (κ2) is 9.72. The number of anilines is 1. The van der Waals surface area contributed by atoms with E-state index < -0.39 is 0 Å². The van der Waals surface area contributed by atoms with E-state index in [9.17, 15) is 9.59 Å². The highest BCUT2D eigenvalue weighted by Crippen LogP contribution is 2.36. The predicted molar refractivity (Wildman–Crippen MR) is 136 cm³/mol. The average molecular weight is 478 g/mol. The maximum atomic E-state index is 13.5. The largest absolute Gasteiger partial charge is 0.397 e. The molecule has 1 atom stereocenters. The highest BCUT2D eigenvalue weighted by atomic mass is 32.1. The molecule has 2 fully saturated rings. The van der Waals surface area contributed by atoms with Gasteiger partial charge in [0.15, 0.2) is 0 Å². The van der Waals surface area contributed by atoms with E-state index in [4.69, 9.17) is 10.7 Å². The molecule has 8 heteroatoms. The Balaban J connectivity index is 1.38. The van der Waals surface area contributed by atoms with E-state index in [2.05, 4.69) is 22.3 Å². The lowest BCUT2D eigenvalue weighted by molar-refractivity contribution is 0.0606. The van der Waals surface area contributed by atoms with Crippen molar-refractivity contribution < 1.29 is 9.59 Å². The molecule has 2 amide bonds. The van der Waals surface area contributed by atoms with E-state index in [0.29, 0.717) is 10.6 Å². The molecule has 2 aliphatic rings. The number of benzene rings is 1. The lowest BCUT2D eigenvalue weighted by Crippen LogP contribution is -2.38. The van der Waals surface area contributed by atoms with Crippen LogP contribution < -0.4 is 11.1 Å². The number of rotatable bonds is 5. The first-order chi connectivity index (χ1) is 16.5. The number of nitrogen functional groups attached to an aromatic ring is 1. The van der Waals surface area contributed by atoms with Crippen molar-refractivity contribution >= 4 is 39.1 Å². The number of hydrogen-bond donors (Lipinski definition) is 2. The van der Waals surface area contributed by atoms with Crippen molar-refractivity contribution in [2.24, 2.45) is 0 Å². The molecule has 1 unspecified atom stereocenters. The van der Waals surface area contributed by atoms with Crippen LogP contribution in [0.4, 0.5) is 5.69 Å². The Labute approximate surface area is 203 Å². The molecule has 34 heavy (non-hydrogen) atoms. The summed E-state index contributed by atoms with van der Waals surface area (Å²) in [6.45, 7) is 3.99. The Morgan fingerprint density at radius 2 is 1.79 bits per heavy atom. The van der Waals surface area contributed by atoms with Crippen LogP contribution in [-0.2, 0) is 6.54 Å². The van der Waals surface area contributed by atoms with Gasteiger partial charge < -0.3 is 16.0 Å². The number of hydrogen-bond acceptors (Lipinski definition) is 6. The van der Waals surface area contributed by atoms with Gasteiger partial charge in [0.2, 0.25) is 0 Å². The minimum atomic E-state index is -0.204. The van der Waals surface area contributed by atoms with Gasteiger partial charge in [-0.2, -0.15) is 0 Å². The number of carbonyl (C=O) groups excluding carboxylic acids is 2. The zero-order chi connectivity index (χ0) is 23.7. The molecule has 0 saturated carbocycles. The van der Waals surface area contributed by atoms with Crippen LogP contribution in [0.15, 0.2) is 36.4 Å². The van der Waals surface area contributed by atoms with Crippen molar-refractivity contribution in [1.82, 2.24) is 20.1 Å². The number of fused-ring (bicyclic) bond motifs is 1. The third-order valence-corrected chi connectivity index (χ3v) is 8.07. The van der Waals surface area contributed by atoms with Gasteiger partial charge in [-0.3, -0.25) is 14.5 Å². The smallest absolute Gasteiger partial charge is 0.263 e. The Morgan fingerprint density at radius 1 is 1.06 bits per heavy atom. The van der Waals surface area contributed by atoms with E-state index in [0.717, 1.165) is 66.9 Å². The summed E-state index contributed by atoms with van der Waals surface area (Å²) in [5, 5.41) is 3.42. The zero-order valence-electron chi connectivity index (χ0n) is 19.5. The second-order valence-corrected chi connectivity index (χ2v) is 10.2. The normalized spacial score (nSPS) is 19.0. The van der Waals surface area contributed by atoms with Gasteiger partial charge in [-0.05, 0) is 75.0 Å². The van der Waals surface area contributed by atoms with Gasteiger partial charge in [0.05, 0.1) is 17.4 Å². The van der Waals surface area contributed by atoms with Gasteiger partial charge in [0.1, 0.15) is 9.71 Å². The number of likely N-dealkylation sites (tertiary alicyclic amines) is 2. The first-order valence-electron chi connectivity index (χ1n) is 12.1. The fourth-order valence-electron chi connectivity index (χ4n) is 5.08. The summed E-state index contributed by atoms with van der Waals surface area (Å²) in [7, 11) is 1.59. The van der Waals surface area contributed by atoms with Crippen LogP contribution in [0.25, 0.3) is 10.2 Å². The number of nitrogens with one attached hydrogen (secondary N) is 1. The average Bonchev–Trinajstić information content (AvgIpc) is 3.51. The first kappa shape index (κ1) is 22.8. The van der Waals surface area contributed by atoms with Crippen LogP contribution in [0.5, 0.6) is 0 Å². The van der Waals surface area contributed by atoms with Gasteiger partial charge in [-0.1, -0.05) is 12.1 Å². The zero-order valence-corrected chi connectivity index (χ0v) is 20.4. The van der Waals surface area contributed by atoms with Crippen molar-refractivity contribution in [3.05, 3.63) is 58.1 Å². The molecular formula is C26H31N5O2S. The Hall–Kier alpha value is -2.97. The number of carbonyl (C=O) groups is 2. The maximum Gasteiger partial charge on any atom is 0.263 e. The summed E-state index contributed by atoms with van der Waals surface area (Å²) in [5.41, 5.74) is 9.50. The lowest BCUT2D eigenvalue weighted by Gasteiger charge is -2.35. The van der Waals surface area contributed by atoms with Crippen molar-refractivity contribution in [2.75, 3.05) is 32.4 Å². The number of nitrogens with two attached hydrogens (primary N) is 1. The van der Waals surface area contributed by atoms with Crippen molar-refractivity contribution in [1.29, 1.82) is 0 Å². The molecule has 7 nitrogen and oxygen atoms in total. The van der Waals surface area contributed by atoms with Crippen LogP contribution in [0, 0.1) is 0 Å². The number of nitrogens with zero attached hydrogens (tertiary/aromatic N) is 3. The van der Waals surface area contributed by atoms with E-state index >= 15 is 0 Å². The number of amides is 2. The Morgan fingerprint density at radius 3 is 2.53 bits per heavy atom. The minimum absolute atomic E-state index is 0.0519. The minimum Gasteiger partial charge on any atom is -0.397 e. The molecule has 5 rings (SSSR count). The van der Waals surface area contributed by atoms with Crippen LogP contribution >= 0.6 is 11.3 Å². The topological polar surface area (TPSA) is 91.6 Å². The third kappa shape index (κ3) is 4.40. The number of piperidine rings is 1. The number of thiophene rings is 1. The molecule has 3 aromatic rings. The molecule has 3 N–H and O–H groups in total. The highest BCUT2D eigenvalue weighted by molar-refractivity contribution is 7.21. The van der Waals surface area contributed by atoms with Gasteiger partial charge >= 0.3 is 0 Å². The van der Waals surface area contributed by atoms with Crippen LogP contribution in [0.2, 0.25) is 0 Å². The van der Waals surface area contributed by atoms with Crippen molar-refractivity contribution in [2.45, 2.75) is 44.7 Å². The summed E-state index contributed by atoms with van der Waals surface area (Å²) in [5.74, 6) is -0.152. The van der Waals surface area contributed by atoms with Crippen molar-refractivity contribution in [3.63, 3.8) is 0 Å². The Kier molecular flexibility index (Phi) is 6.52. The summed E-state index contributed by atoms with van der Waals surface area (Å²) < 4.78 is 0.